The van der Waals surface area contributed by atoms with Crippen molar-refractivity contribution in [1.82, 2.24) is 5.32 Å². The summed E-state index contributed by atoms with van der Waals surface area (Å²) in [7, 11) is 0. The lowest BCUT2D eigenvalue weighted by molar-refractivity contribution is -0.123. The van der Waals surface area contributed by atoms with Crippen molar-refractivity contribution in [2.75, 3.05) is 13.2 Å². The third kappa shape index (κ3) is 4.13. The Balaban J connectivity index is 1.95. The summed E-state index contributed by atoms with van der Waals surface area (Å²) in [4.78, 5) is 11.6. The van der Waals surface area contributed by atoms with Crippen LogP contribution in [0.2, 0.25) is 0 Å². The average molecular weight is 264 g/mol. The summed E-state index contributed by atoms with van der Waals surface area (Å²) in [6.07, 6.45) is 2.14. The zero-order valence-electron chi connectivity index (χ0n) is 11.1. The van der Waals surface area contributed by atoms with Crippen molar-refractivity contribution >= 4 is 5.91 Å². The van der Waals surface area contributed by atoms with E-state index in [2.05, 4.69) is 5.32 Å². The van der Waals surface area contributed by atoms with Crippen LogP contribution in [0.15, 0.2) is 18.2 Å². The van der Waals surface area contributed by atoms with Gasteiger partial charge in [-0.1, -0.05) is 6.07 Å². The first-order chi connectivity index (χ1) is 9.22. The molecule has 0 aromatic heterocycles. The number of hydrogen-bond acceptors (Lipinski definition) is 4. The molecule has 1 amide bonds. The summed E-state index contributed by atoms with van der Waals surface area (Å²) in [6, 6.07) is 5.85. The Morgan fingerprint density at radius 3 is 2.79 bits per heavy atom. The molecule has 0 bridgehead atoms. The maximum Gasteiger partial charge on any atom is 0.258 e. The minimum absolute atomic E-state index is 0.0124. The number of nitrogens with two attached hydrogens (primary N) is 1. The second-order valence-electron chi connectivity index (χ2n) is 4.55. The SMILES string of the molecule is CCOc1cc(CN)ccc1OCC(=O)NC1CC1. The van der Waals surface area contributed by atoms with Gasteiger partial charge in [-0.3, -0.25) is 4.79 Å². The maximum absolute atomic E-state index is 11.6. The van der Waals surface area contributed by atoms with E-state index in [9.17, 15) is 4.79 Å². The number of benzene rings is 1. The first-order valence-corrected chi connectivity index (χ1v) is 6.61. The molecule has 0 heterocycles. The van der Waals surface area contributed by atoms with Gasteiger partial charge in [0.25, 0.3) is 5.91 Å². The van der Waals surface area contributed by atoms with Gasteiger partial charge in [-0.05, 0) is 37.5 Å². The van der Waals surface area contributed by atoms with E-state index in [1.54, 1.807) is 6.07 Å². The molecule has 1 aromatic rings. The Hall–Kier alpha value is -1.75. The van der Waals surface area contributed by atoms with Gasteiger partial charge in [-0.25, -0.2) is 0 Å². The van der Waals surface area contributed by atoms with Crippen LogP contribution in [0.5, 0.6) is 11.5 Å². The molecule has 0 saturated heterocycles. The molecule has 0 spiro atoms. The molecule has 1 aliphatic carbocycles. The lowest BCUT2D eigenvalue weighted by Gasteiger charge is -2.13. The number of hydrogen-bond donors (Lipinski definition) is 2. The van der Waals surface area contributed by atoms with Crippen LogP contribution in [0.4, 0.5) is 0 Å². The van der Waals surface area contributed by atoms with Gasteiger partial charge in [0.1, 0.15) is 0 Å². The number of amides is 1. The predicted octanol–water partition coefficient (Wildman–Crippen LogP) is 1.20. The standard InChI is InChI=1S/C14H20N2O3/c1-2-18-13-7-10(8-15)3-6-12(13)19-9-14(17)16-11-4-5-11/h3,6-7,11H,2,4-5,8-9,15H2,1H3,(H,16,17). The van der Waals surface area contributed by atoms with Crippen molar-refractivity contribution in [3.05, 3.63) is 23.8 Å². The van der Waals surface area contributed by atoms with Gasteiger partial charge < -0.3 is 20.5 Å². The van der Waals surface area contributed by atoms with E-state index in [4.69, 9.17) is 15.2 Å². The van der Waals surface area contributed by atoms with Crippen LogP contribution in [0, 0.1) is 0 Å². The van der Waals surface area contributed by atoms with E-state index in [1.807, 2.05) is 19.1 Å². The Morgan fingerprint density at radius 1 is 1.37 bits per heavy atom. The number of nitrogens with one attached hydrogen (secondary N) is 1. The highest BCUT2D eigenvalue weighted by Gasteiger charge is 2.23. The quantitative estimate of drug-likeness (QED) is 0.776. The van der Waals surface area contributed by atoms with Crippen LogP contribution in [-0.4, -0.2) is 25.2 Å². The van der Waals surface area contributed by atoms with E-state index in [0.29, 0.717) is 30.7 Å². The Labute approximate surface area is 113 Å². The molecular weight excluding hydrogens is 244 g/mol. The van der Waals surface area contributed by atoms with Gasteiger partial charge in [0.15, 0.2) is 18.1 Å². The molecule has 1 fully saturated rings. The van der Waals surface area contributed by atoms with Crippen molar-refractivity contribution in [2.45, 2.75) is 32.4 Å². The fourth-order valence-corrected chi connectivity index (χ4v) is 1.71. The summed E-state index contributed by atoms with van der Waals surface area (Å²) < 4.78 is 11.0. The van der Waals surface area contributed by atoms with Gasteiger partial charge in [-0.15, -0.1) is 0 Å². The van der Waals surface area contributed by atoms with Crippen molar-refractivity contribution in [1.29, 1.82) is 0 Å². The van der Waals surface area contributed by atoms with Gasteiger partial charge in [0, 0.05) is 12.6 Å². The lowest BCUT2D eigenvalue weighted by Crippen LogP contribution is -2.30. The molecule has 19 heavy (non-hydrogen) atoms. The Bertz CT molecular complexity index is 444. The Kier molecular flexibility index (Phi) is 4.63. The molecule has 104 valence electrons. The van der Waals surface area contributed by atoms with Crippen LogP contribution < -0.4 is 20.5 Å². The fourth-order valence-electron chi connectivity index (χ4n) is 1.71. The van der Waals surface area contributed by atoms with Gasteiger partial charge >= 0.3 is 0 Å². The number of carbonyl (C=O) groups excluding carboxylic acids is 1. The van der Waals surface area contributed by atoms with Crippen LogP contribution in [-0.2, 0) is 11.3 Å². The predicted molar refractivity (Wildman–Crippen MR) is 72.2 cm³/mol. The lowest BCUT2D eigenvalue weighted by atomic mass is 10.2. The molecule has 0 atom stereocenters. The summed E-state index contributed by atoms with van der Waals surface area (Å²) in [5.74, 6) is 1.11. The molecular formula is C14H20N2O3. The van der Waals surface area contributed by atoms with Crippen molar-refractivity contribution in [3.63, 3.8) is 0 Å². The number of ether oxygens (including phenoxy) is 2. The topological polar surface area (TPSA) is 73.6 Å². The van der Waals surface area contributed by atoms with Crippen molar-refractivity contribution in [2.24, 2.45) is 5.73 Å². The van der Waals surface area contributed by atoms with E-state index in [-0.39, 0.29) is 12.5 Å². The van der Waals surface area contributed by atoms with Crippen LogP contribution in [0.1, 0.15) is 25.3 Å². The number of rotatable bonds is 7. The Morgan fingerprint density at radius 2 is 2.16 bits per heavy atom. The fraction of sp³-hybridized carbons (Fsp3) is 0.500. The van der Waals surface area contributed by atoms with Gasteiger partial charge in [0.05, 0.1) is 6.61 Å². The monoisotopic (exact) mass is 264 g/mol. The molecule has 0 radical (unpaired) electrons. The average Bonchev–Trinajstić information content (AvgIpc) is 3.21. The van der Waals surface area contributed by atoms with Crippen LogP contribution >= 0.6 is 0 Å². The number of carbonyl (C=O) groups is 1. The molecule has 0 aliphatic heterocycles. The molecule has 5 nitrogen and oxygen atoms in total. The molecule has 1 aromatic carbocycles. The summed E-state index contributed by atoms with van der Waals surface area (Å²) in [5, 5.41) is 2.87. The summed E-state index contributed by atoms with van der Waals surface area (Å²) in [5.41, 5.74) is 6.56. The highest BCUT2D eigenvalue weighted by molar-refractivity contribution is 5.78. The van der Waals surface area contributed by atoms with Crippen molar-refractivity contribution in [3.8, 4) is 11.5 Å². The highest BCUT2D eigenvalue weighted by Crippen LogP contribution is 2.28. The second kappa shape index (κ2) is 6.43. The van der Waals surface area contributed by atoms with E-state index in [1.165, 1.54) is 0 Å². The minimum Gasteiger partial charge on any atom is -0.490 e. The third-order valence-electron chi connectivity index (χ3n) is 2.84. The van der Waals surface area contributed by atoms with Crippen LogP contribution in [0.3, 0.4) is 0 Å². The summed E-state index contributed by atoms with van der Waals surface area (Å²) >= 11 is 0. The molecule has 2 rings (SSSR count). The first kappa shape index (κ1) is 13.7. The molecule has 1 saturated carbocycles. The van der Waals surface area contributed by atoms with Crippen LogP contribution in [0.25, 0.3) is 0 Å². The van der Waals surface area contributed by atoms with Gasteiger partial charge in [0.2, 0.25) is 0 Å². The smallest absolute Gasteiger partial charge is 0.258 e. The molecule has 5 heteroatoms. The van der Waals surface area contributed by atoms with Crippen molar-refractivity contribution < 1.29 is 14.3 Å². The summed E-state index contributed by atoms with van der Waals surface area (Å²) in [6.45, 7) is 2.90. The van der Waals surface area contributed by atoms with E-state index in [0.717, 1.165) is 18.4 Å². The largest absolute Gasteiger partial charge is 0.490 e. The molecule has 1 aliphatic rings. The van der Waals surface area contributed by atoms with Gasteiger partial charge in [-0.2, -0.15) is 0 Å². The normalized spacial score (nSPS) is 14.0. The molecule has 0 unspecified atom stereocenters. The third-order valence-corrected chi connectivity index (χ3v) is 2.84. The second-order valence-corrected chi connectivity index (χ2v) is 4.55. The highest BCUT2D eigenvalue weighted by atomic mass is 16.5. The molecule has 3 N–H and O–H groups in total. The maximum atomic E-state index is 11.6. The minimum atomic E-state index is -0.0900. The first-order valence-electron chi connectivity index (χ1n) is 6.61. The van der Waals surface area contributed by atoms with E-state index >= 15 is 0 Å². The zero-order chi connectivity index (χ0) is 13.7. The zero-order valence-corrected chi connectivity index (χ0v) is 11.1. The van der Waals surface area contributed by atoms with E-state index < -0.39 is 0 Å².